The molecule has 130 valence electrons. The first-order chi connectivity index (χ1) is 12.3. The SMILES string of the molecule is CCCCC1CCC(c2ccc(-c3ccc(CC#N)cc3)cc2)CC1. The first-order valence-corrected chi connectivity index (χ1v) is 9.86. The summed E-state index contributed by atoms with van der Waals surface area (Å²) in [7, 11) is 0. The number of unbranched alkanes of at least 4 members (excludes halogenated alkanes) is 1. The van der Waals surface area contributed by atoms with E-state index < -0.39 is 0 Å². The zero-order chi connectivity index (χ0) is 17.5. The molecule has 1 saturated carbocycles. The van der Waals surface area contributed by atoms with Crippen molar-refractivity contribution in [1.82, 2.24) is 0 Å². The molecule has 0 aliphatic heterocycles. The van der Waals surface area contributed by atoms with Crippen molar-refractivity contribution in [2.24, 2.45) is 5.92 Å². The Balaban J connectivity index is 1.60. The molecule has 25 heavy (non-hydrogen) atoms. The van der Waals surface area contributed by atoms with E-state index in [-0.39, 0.29) is 0 Å². The van der Waals surface area contributed by atoms with Crippen molar-refractivity contribution in [3.63, 3.8) is 0 Å². The maximum absolute atomic E-state index is 8.77. The Kier molecular flexibility index (Phi) is 6.29. The van der Waals surface area contributed by atoms with Crippen molar-refractivity contribution >= 4 is 0 Å². The number of nitriles is 1. The molecule has 2 aromatic carbocycles. The zero-order valence-electron chi connectivity index (χ0n) is 15.4. The van der Waals surface area contributed by atoms with Crippen molar-refractivity contribution in [1.29, 1.82) is 5.26 Å². The lowest BCUT2D eigenvalue weighted by Gasteiger charge is -2.29. The topological polar surface area (TPSA) is 23.8 Å². The van der Waals surface area contributed by atoms with E-state index >= 15 is 0 Å². The highest BCUT2D eigenvalue weighted by Gasteiger charge is 2.21. The molecule has 1 fully saturated rings. The van der Waals surface area contributed by atoms with Gasteiger partial charge >= 0.3 is 0 Å². The Morgan fingerprint density at radius 3 is 2.04 bits per heavy atom. The summed E-state index contributed by atoms with van der Waals surface area (Å²) in [4.78, 5) is 0. The summed E-state index contributed by atoms with van der Waals surface area (Å²) in [5.74, 6) is 1.73. The maximum Gasteiger partial charge on any atom is 0.0669 e. The van der Waals surface area contributed by atoms with Crippen LogP contribution in [0.1, 0.15) is 68.9 Å². The highest BCUT2D eigenvalue weighted by molar-refractivity contribution is 5.64. The molecule has 0 bridgehead atoms. The van der Waals surface area contributed by atoms with Gasteiger partial charge in [-0.05, 0) is 59.8 Å². The highest BCUT2D eigenvalue weighted by Crippen LogP contribution is 2.38. The predicted octanol–water partition coefficient (Wildman–Crippen LogP) is 6.88. The second-order valence-corrected chi connectivity index (χ2v) is 7.51. The van der Waals surface area contributed by atoms with Crippen LogP contribution in [0.25, 0.3) is 11.1 Å². The van der Waals surface area contributed by atoms with E-state index in [1.54, 1.807) is 0 Å². The lowest BCUT2D eigenvalue weighted by molar-refractivity contribution is 0.304. The standard InChI is InChI=1S/C24H29N/c1-2-3-4-19-5-9-21(10-6-19)23-13-15-24(16-14-23)22-11-7-20(8-12-22)17-18-25/h7-8,11-16,19,21H,2-6,9-10,17H2,1H3. The maximum atomic E-state index is 8.77. The summed E-state index contributed by atoms with van der Waals surface area (Å²) in [6, 6.07) is 19.8. The normalized spacial score (nSPS) is 20.2. The van der Waals surface area contributed by atoms with Crippen molar-refractivity contribution < 1.29 is 0 Å². The molecular formula is C24H29N. The summed E-state index contributed by atoms with van der Waals surface area (Å²) < 4.78 is 0. The smallest absolute Gasteiger partial charge is 0.0669 e. The predicted molar refractivity (Wildman–Crippen MR) is 105 cm³/mol. The Morgan fingerprint density at radius 2 is 1.48 bits per heavy atom. The Bertz CT molecular complexity index is 682. The van der Waals surface area contributed by atoms with Crippen LogP contribution in [0, 0.1) is 17.2 Å². The zero-order valence-corrected chi connectivity index (χ0v) is 15.4. The van der Waals surface area contributed by atoms with E-state index in [2.05, 4.69) is 61.5 Å². The van der Waals surface area contributed by atoms with Crippen LogP contribution >= 0.6 is 0 Å². The molecule has 0 heterocycles. The van der Waals surface area contributed by atoms with Gasteiger partial charge in [0.15, 0.2) is 0 Å². The van der Waals surface area contributed by atoms with E-state index in [0.29, 0.717) is 6.42 Å². The van der Waals surface area contributed by atoms with Crippen molar-refractivity contribution in [2.45, 2.75) is 64.2 Å². The molecule has 3 rings (SSSR count). The second-order valence-electron chi connectivity index (χ2n) is 7.51. The van der Waals surface area contributed by atoms with Crippen LogP contribution in [-0.4, -0.2) is 0 Å². The average Bonchev–Trinajstić information content (AvgIpc) is 2.68. The third kappa shape index (κ3) is 4.73. The minimum Gasteiger partial charge on any atom is -0.198 e. The van der Waals surface area contributed by atoms with Crippen molar-refractivity contribution in [2.75, 3.05) is 0 Å². The summed E-state index contributed by atoms with van der Waals surface area (Å²) >= 11 is 0. The van der Waals surface area contributed by atoms with Gasteiger partial charge in [0, 0.05) is 0 Å². The number of rotatable bonds is 6. The van der Waals surface area contributed by atoms with Gasteiger partial charge in [-0.3, -0.25) is 0 Å². The van der Waals surface area contributed by atoms with Gasteiger partial charge in [-0.2, -0.15) is 5.26 Å². The highest BCUT2D eigenvalue weighted by atomic mass is 14.3. The summed E-state index contributed by atoms with van der Waals surface area (Å²) in [6.07, 6.45) is 10.2. The van der Waals surface area contributed by atoms with Gasteiger partial charge < -0.3 is 0 Å². The van der Waals surface area contributed by atoms with Crippen LogP contribution in [0.15, 0.2) is 48.5 Å². The van der Waals surface area contributed by atoms with Crippen LogP contribution in [0.4, 0.5) is 0 Å². The Morgan fingerprint density at radius 1 is 0.880 bits per heavy atom. The number of hydrogen-bond donors (Lipinski definition) is 0. The minimum absolute atomic E-state index is 0.486. The molecule has 1 aliphatic carbocycles. The van der Waals surface area contributed by atoms with Crippen molar-refractivity contribution in [3.8, 4) is 17.2 Å². The number of benzene rings is 2. The molecule has 0 aromatic heterocycles. The number of hydrogen-bond acceptors (Lipinski definition) is 1. The van der Waals surface area contributed by atoms with Crippen LogP contribution in [0.5, 0.6) is 0 Å². The quantitative estimate of drug-likeness (QED) is 0.565. The van der Waals surface area contributed by atoms with Gasteiger partial charge in [-0.25, -0.2) is 0 Å². The fourth-order valence-corrected chi connectivity index (χ4v) is 4.13. The number of nitrogens with zero attached hydrogens (tertiary/aromatic N) is 1. The second kappa shape index (κ2) is 8.86. The largest absolute Gasteiger partial charge is 0.198 e. The van der Waals surface area contributed by atoms with Gasteiger partial charge in [-0.15, -0.1) is 0 Å². The van der Waals surface area contributed by atoms with Crippen LogP contribution in [0.2, 0.25) is 0 Å². The lowest BCUT2D eigenvalue weighted by atomic mass is 9.77. The van der Waals surface area contributed by atoms with Gasteiger partial charge in [0.25, 0.3) is 0 Å². The van der Waals surface area contributed by atoms with E-state index in [4.69, 9.17) is 5.26 Å². The molecule has 0 radical (unpaired) electrons. The summed E-state index contributed by atoms with van der Waals surface area (Å²) in [5, 5.41) is 8.77. The molecule has 0 amide bonds. The van der Waals surface area contributed by atoms with Gasteiger partial charge in [-0.1, -0.05) is 74.7 Å². The fourth-order valence-electron chi connectivity index (χ4n) is 4.13. The van der Waals surface area contributed by atoms with Crippen LogP contribution < -0.4 is 0 Å². The first-order valence-electron chi connectivity index (χ1n) is 9.86. The lowest BCUT2D eigenvalue weighted by Crippen LogP contribution is -2.13. The summed E-state index contributed by atoms with van der Waals surface area (Å²) in [6.45, 7) is 2.30. The Hall–Kier alpha value is -2.07. The van der Waals surface area contributed by atoms with Crippen molar-refractivity contribution in [3.05, 3.63) is 59.7 Å². The molecule has 0 unspecified atom stereocenters. The van der Waals surface area contributed by atoms with Crippen LogP contribution in [-0.2, 0) is 6.42 Å². The van der Waals surface area contributed by atoms with Crippen LogP contribution in [0.3, 0.4) is 0 Å². The van der Waals surface area contributed by atoms with Gasteiger partial charge in [0.1, 0.15) is 0 Å². The van der Waals surface area contributed by atoms with E-state index in [1.807, 2.05) is 0 Å². The molecular weight excluding hydrogens is 302 g/mol. The van der Waals surface area contributed by atoms with E-state index in [0.717, 1.165) is 17.4 Å². The van der Waals surface area contributed by atoms with Gasteiger partial charge in [0.05, 0.1) is 12.5 Å². The van der Waals surface area contributed by atoms with E-state index in [1.165, 1.54) is 61.6 Å². The minimum atomic E-state index is 0.486. The average molecular weight is 332 g/mol. The summed E-state index contributed by atoms with van der Waals surface area (Å²) in [5.41, 5.74) is 5.10. The molecule has 0 saturated heterocycles. The van der Waals surface area contributed by atoms with Gasteiger partial charge in [0.2, 0.25) is 0 Å². The fraction of sp³-hybridized carbons (Fsp3) is 0.458. The molecule has 1 heteroatoms. The molecule has 2 aromatic rings. The molecule has 0 spiro atoms. The molecule has 0 N–H and O–H groups in total. The first kappa shape index (κ1) is 17.7. The molecule has 1 nitrogen and oxygen atoms in total. The third-order valence-electron chi connectivity index (χ3n) is 5.77. The third-order valence-corrected chi connectivity index (χ3v) is 5.77. The van der Waals surface area contributed by atoms with E-state index in [9.17, 15) is 0 Å². The monoisotopic (exact) mass is 331 g/mol. The Labute approximate surface area is 152 Å². The molecule has 0 atom stereocenters. The molecule has 1 aliphatic rings.